The smallest absolute Gasteiger partial charge is 0.339 e. The number of esters is 1. The Hall–Kier alpha value is -4.53. The van der Waals surface area contributed by atoms with E-state index in [2.05, 4.69) is 15.5 Å². The van der Waals surface area contributed by atoms with Crippen LogP contribution in [0.25, 0.3) is 22.4 Å². The van der Waals surface area contributed by atoms with Crippen molar-refractivity contribution in [2.45, 2.75) is 6.92 Å². The summed E-state index contributed by atoms with van der Waals surface area (Å²) in [7, 11) is 2.71. The molecule has 0 aliphatic heterocycles. The van der Waals surface area contributed by atoms with Gasteiger partial charge in [0.1, 0.15) is 5.75 Å². The Bertz CT molecular complexity index is 1360. The Balaban J connectivity index is 1.89. The summed E-state index contributed by atoms with van der Waals surface area (Å²) >= 11 is 0. The normalized spacial score (nSPS) is 10.6. The number of aromatic nitrogens is 2. The van der Waals surface area contributed by atoms with Gasteiger partial charge in [0.05, 0.1) is 42.1 Å². The molecule has 33 heavy (non-hydrogen) atoms. The number of nitrogens with one attached hydrogen (secondary N) is 1. The molecule has 0 spiro atoms. The number of aryl methyl sites for hydroxylation is 1. The molecule has 0 saturated carbocycles. The number of carbonyl (C=O) groups is 3. The Labute approximate surface area is 188 Å². The van der Waals surface area contributed by atoms with Crippen LogP contribution in [0.5, 0.6) is 5.75 Å². The van der Waals surface area contributed by atoms with E-state index in [9.17, 15) is 14.4 Å². The van der Waals surface area contributed by atoms with E-state index in [1.54, 1.807) is 61.5 Å². The van der Waals surface area contributed by atoms with Crippen LogP contribution in [0.3, 0.4) is 0 Å². The molecule has 4 aromatic rings. The molecule has 1 amide bonds. The molecule has 0 saturated heterocycles. The molecule has 0 unspecified atom stereocenters. The first-order valence-electron chi connectivity index (χ1n) is 9.88. The first kappa shape index (κ1) is 21.7. The van der Waals surface area contributed by atoms with Gasteiger partial charge in [0, 0.05) is 11.3 Å². The number of hydrogen-bond acceptors (Lipinski definition) is 8. The maximum absolute atomic E-state index is 13.4. The lowest BCUT2D eigenvalue weighted by Gasteiger charge is -2.13. The number of nitrogens with zero attached hydrogens (tertiary/aromatic N) is 2. The van der Waals surface area contributed by atoms with Crippen LogP contribution in [-0.4, -0.2) is 42.0 Å². The minimum atomic E-state index is -0.958. The predicted molar refractivity (Wildman–Crippen MR) is 119 cm³/mol. The third kappa shape index (κ3) is 4.03. The largest absolute Gasteiger partial charge is 0.497 e. The van der Waals surface area contributed by atoms with Gasteiger partial charge in [-0.1, -0.05) is 35.5 Å². The lowest BCUT2D eigenvalue weighted by Crippen LogP contribution is -2.26. The molecule has 2 aromatic heterocycles. The highest BCUT2D eigenvalue weighted by Gasteiger charge is 2.33. The second-order valence-corrected chi connectivity index (χ2v) is 7.03. The van der Waals surface area contributed by atoms with Crippen LogP contribution in [0.1, 0.15) is 26.4 Å². The molecule has 0 radical (unpaired) electrons. The molecule has 0 aliphatic rings. The maximum Gasteiger partial charge on any atom is 0.339 e. The van der Waals surface area contributed by atoms with Crippen LogP contribution in [0.2, 0.25) is 0 Å². The minimum Gasteiger partial charge on any atom is -0.497 e. The number of anilines is 1. The third-order valence-electron chi connectivity index (χ3n) is 5.01. The molecule has 9 nitrogen and oxygen atoms in total. The zero-order valence-electron chi connectivity index (χ0n) is 18.0. The number of amides is 1. The summed E-state index contributed by atoms with van der Waals surface area (Å²) in [5, 5.41) is 6.63. The van der Waals surface area contributed by atoms with Gasteiger partial charge in [0.15, 0.2) is 0 Å². The highest BCUT2D eigenvalue weighted by atomic mass is 16.5. The van der Waals surface area contributed by atoms with E-state index in [0.29, 0.717) is 22.7 Å². The first-order chi connectivity index (χ1) is 15.9. The van der Waals surface area contributed by atoms with Gasteiger partial charge in [-0.15, -0.1) is 0 Å². The van der Waals surface area contributed by atoms with Crippen LogP contribution in [0, 0.1) is 6.92 Å². The van der Waals surface area contributed by atoms with Crippen molar-refractivity contribution in [1.82, 2.24) is 10.1 Å². The number of hydrogen-bond donors (Lipinski definition) is 1. The van der Waals surface area contributed by atoms with E-state index >= 15 is 0 Å². The summed E-state index contributed by atoms with van der Waals surface area (Å²) in [6.45, 7) is 1.60. The van der Waals surface area contributed by atoms with E-state index < -0.39 is 17.7 Å². The molecule has 166 valence electrons. The number of rotatable bonds is 6. The Kier molecular flexibility index (Phi) is 5.86. The zero-order chi connectivity index (χ0) is 23.5. The van der Waals surface area contributed by atoms with Gasteiger partial charge in [-0.25, -0.2) is 9.78 Å². The van der Waals surface area contributed by atoms with E-state index in [1.165, 1.54) is 14.2 Å². The second-order valence-electron chi connectivity index (χ2n) is 7.03. The first-order valence-corrected chi connectivity index (χ1v) is 9.88. The molecule has 2 aromatic carbocycles. The Morgan fingerprint density at radius 1 is 0.939 bits per heavy atom. The zero-order valence-corrected chi connectivity index (χ0v) is 18.0. The number of carbonyl (C=O) groups excluding carboxylic acids is 3. The van der Waals surface area contributed by atoms with Crippen molar-refractivity contribution in [2.24, 2.45) is 0 Å². The van der Waals surface area contributed by atoms with Gasteiger partial charge in [-0.3, -0.25) is 9.59 Å². The van der Waals surface area contributed by atoms with Crippen molar-refractivity contribution in [2.75, 3.05) is 19.5 Å². The lowest BCUT2D eigenvalue weighted by molar-refractivity contribution is -0.112. The third-order valence-corrected chi connectivity index (χ3v) is 5.01. The second kappa shape index (κ2) is 8.91. The summed E-state index contributed by atoms with van der Waals surface area (Å²) in [6.07, 6.45) is 0. The number of fused-ring (bicyclic) bond motifs is 1. The van der Waals surface area contributed by atoms with Crippen LogP contribution < -0.4 is 10.1 Å². The summed E-state index contributed by atoms with van der Waals surface area (Å²) in [6, 6.07) is 15.2. The van der Waals surface area contributed by atoms with Crippen LogP contribution in [0.4, 0.5) is 5.69 Å². The molecule has 0 fully saturated rings. The molecule has 2 heterocycles. The highest BCUT2D eigenvalue weighted by molar-refractivity contribution is 6.49. The average Bonchev–Trinajstić information content (AvgIpc) is 3.23. The van der Waals surface area contributed by atoms with E-state index in [-0.39, 0.29) is 27.9 Å². The van der Waals surface area contributed by atoms with Crippen LogP contribution in [-0.2, 0) is 9.53 Å². The summed E-state index contributed by atoms with van der Waals surface area (Å²) in [5.74, 6) is -2.12. The molecule has 0 atom stereocenters. The average molecular weight is 445 g/mol. The molecule has 1 N–H and O–H groups in total. The predicted octanol–water partition coefficient (Wildman–Crippen LogP) is 3.81. The Morgan fingerprint density at radius 3 is 2.27 bits per heavy atom. The van der Waals surface area contributed by atoms with Gasteiger partial charge in [-0.05, 0) is 31.2 Å². The number of methoxy groups -OCH3 is 2. The fourth-order valence-corrected chi connectivity index (χ4v) is 3.43. The van der Waals surface area contributed by atoms with Crippen LogP contribution in [0.15, 0.2) is 59.1 Å². The molecular formula is C24H19N3O6. The number of benzene rings is 2. The lowest BCUT2D eigenvalue weighted by atomic mass is 9.94. The molecular weight excluding hydrogens is 426 g/mol. The monoisotopic (exact) mass is 445 g/mol. The summed E-state index contributed by atoms with van der Waals surface area (Å²) < 4.78 is 15.3. The van der Waals surface area contributed by atoms with Crippen molar-refractivity contribution >= 4 is 34.4 Å². The van der Waals surface area contributed by atoms with Crippen molar-refractivity contribution in [3.8, 4) is 17.0 Å². The van der Waals surface area contributed by atoms with Gasteiger partial charge < -0.3 is 19.3 Å². The molecule has 0 aliphatic carbocycles. The van der Waals surface area contributed by atoms with E-state index in [4.69, 9.17) is 14.0 Å². The van der Waals surface area contributed by atoms with Gasteiger partial charge in [0.25, 0.3) is 17.4 Å². The number of ketones is 1. The summed E-state index contributed by atoms with van der Waals surface area (Å²) in [4.78, 5) is 43.7. The topological polar surface area (TPSA) is 121 Å². The Morgan fingerprint density at radius 2 is 1.64 bits per heavy atom. The fraction of sp³-hybridized carbons (Fsp3) is 0.125. The minimum absolute atomic E-state index is 0.0545. The van der Waals surface area contributed by atoms with Gasteiger partial charge >= 0.3 is 5.97 Å². The fourth-order valence-electron chi connectivity index (χ4n) is 3.43. The standard InChI is InChI=1S/C24H19N3O6/c1-13-17-18(24(30)32-3)19(20(26-23(17)33-27-13)14-7-5-4-6-8-14)21(28)22(29)25-15-9-11-16(31-2)12-10-15/h4-12H,1-3H3,(H,25,29). The summed E-state index contributed by atoms with van der Waals surface area (Å²) in [5.41, 5.74) is 1.06. The van der Waals surface area contributed by atoms with Crippen molar-refractivity contribution in [1.29, 1.82) is 0 Å². The van der Waals surface area contributed by atoms with Crippen LogP contribution >= 0.6 is 0 Å². The van der Waals surface area contributed by atoms with E-state index in [0.717, 1.165) is 0 Å². The highest BCUT2D eigenvalue weighted by Crippen LogP contribution is 2.33. The molecule has 4 rings (SSSR count). The molecule has 9 heteroatoms. The maximum atomic E-state index is 13.4. The number of ether oxygens (including phenoxy) is 2. The van der Waals surface area contributed by atoms with Gasteiger partial charge in [-0.2, -0.15) is 0 Å². The number of Topliss-reactive ketones (excluding diaryl/α,β-unsaturated/α-hetero) is 1. The van der Waals surface area contributed by atoms with Crippen molar-refractivity contribution in [3.63, 3.8) is 0 Å². The SMILES string of the molecule is COC(=O)c1c(C(=O)C(=O)Nc2ccc(OC)cc2)c(-c2ccccc2)nc2onc(C)c12. The number of pyridine rings is 1. The van der Waals surface area contributed by atoms with Crippen molar-refractivity contribution in [3.05, 3.63) is 71.4 Å². The van der Waals surface area contributed by atoms with Crippen molar-refractivity contribution < 1.29 is 28.4 Å². The van der Waals surface area contributed by atoms with Gasteiger partial charge in [0.2, 0.25) is 0 Å². The van der Waals surface area contributed by atoms with E-state index in [1.807, 2.05) is 0 Å². The molecule has 0 bridgehead atoms. The quantitative estimate of drug-likeness (QED) is 0.270.